The molecule has 4 heteroatoms. The van der Waals surface area contributed by atoms with E-state index in [2.05, 4.69) is 0 Å². The van der Waals surface area contributed by atoms with Crippen molar-refractivity contribution in [3.63, 3.8) is 0 Å². The molecular weight excluding hydrogens is 131 g/mol. The van der Waals surface area contributed by atoms with Gasteiger partial charge in [0.2, 0.25) is 0 Å². The number of aliphatic hydroxyl groups excluding tert-OH is 1. The summed E-state index contributed by atoms with van der Waals surface area (Å²) in [6.07, 6.45) is 2.29. The molecule has 0 aliphatic rings. The van der Waals surface area contributed by atoms with Crippen LogP contribution in [0.25, 0.3) is 0 Å². The van der Waals surface area contributed by atoms with Gasteiger partial charge in [-0.1, -0.05) is 13.3 Å². The normalized spacial score (nSPS) is 10.4. The molecule has 0 rings (SSSR count). The van der Waals surface area contributed by atoms with Crippen LogP contribution in [-0.4, -0.2) is 23.5 Å². The molecule has 0 aromatic carbocycles. The molecule has 0 amide bonds. The van der Waals surface area contributed by atoms with Gasteiger partial charge in [-0.2, -0.15) is 0 Å². The molecule has 0 aliphatic carbocycles. The van der Waals surface area contributed by atoms with Gasteiger partial charge in [0.1, 0.15) is 0 Å². The van der Waals surface area contributed by atoms with E-state index in [1.165, 1.54) is 0 Å². The number of rotatable bonds is 3. The Balaban J connectivity index is -0.000000180. The summed E-state index contributed by atoms with van der Waals surface area (Å²) in [5, 5.41) is 8.19. The van der Waals surface area contributed by atoms with E-state index in [1.54, 1.807) is 13.2 Å². The molecule has 0 spiro atoms. The maximum atomic E-state index is 9.66. The van der Waals surface area contributed by atoms with Crippen LogP contribution in [0.5, 0.6) is 0 Å². The minimum absolute atomic E-state index is 0. The van der Waals surface area contributed by atoms with Gasteiger partial charge in [0, 0.05) is 6.61 Å². The van der Waals surface area contributed by atoms with Gasteiger partial charge in [0.05, 0.1) is 0 Å². The molecule has 9 heavy (non-hydrogen) atoms. The Kier molecular flexibility index (Phi) is 20.6. The third-order valence-electron chi connectivity index (χ3n) is 0.763. The molecule has 0 fully saturated rings. The zero-order chi connectivity index (χ0) is 5.70. The molecule has 0 aliphatic heterocycles. The van der Waals surface area contributed by atoms with E-state index in [0.29, 0.717) is 6.42 Å². The Hall–Kier alpha value is 0.590. The van der Waals surface area contributed by atoms with Crippen molar-refractivity contribution >= 4 is 6.29 Å². The van der Waals surface area contributed by atoms with Crippen molar-refractivity contribution < 1.29 is 44.9 Å². The standard InChI is InChI=1S/C5H9O2.Na.H2O/c1-5(4-7)2-3-6;;/h5-6H,2-3H2,1H3;;1H2/q-1;+1;/p-1. The average Bonchev–Trinajstić information content (AvgIpc) is 1.68. The number of hydrogen-bond acceptors (Lipinski definition) is 3. The molecule has 0 saturated heterocycles. The fourth-order valence-electron chi connectivity index (χ4n) is 0.253. The Labute approximate surface area is 77.0 Å². The van der Waals surface area contributed by atoms with Gasteiger partial charge in [-0.3, -0.25) is 6.29 Å². The van der Waals surface area contributed by atoms with Gasteiger partial charge in [-0.25, -0.2) is 0 Å². The monoisotopic (exact) mass is 141 g/mol. The molecule has 0 saturated carbocycles. The van der Waals surface area contributed by atoms with Gasteiger partial charge in [-0.15, -0.1) is 5.92 Å². The van der Waals surface area contributed by atoms with Gasteiger partial charge in [0.25, 0.3) is 0 Å². The van der Waals surface area contributed by atoms with Crippen LogP contribution in [0.15, 0.2) is 0 Å². The van der Waals surface area contributed by atoms with Crippen LogP contribution in [0.4, 0.5) is 0 Å². The summed E-state index contributed by atoms with van der Waals surface area (Å²) in [5.41, 5.74) is 0. The van der Waals surface area contributed by atoms with Crippen molar-refractivity contribution in [2.75, 3.05) is 6.61 Å². The van der Waals surface area contributed by atoms with Crippen molar-refractivity contribution in [2.45, 2.75) is 13.3 Å². The molecule has 0 heterocycles. The van der Waals surface area contributed by atoms with Crippen LogP contribution in [0, 0.1) is 5.92 Å². The Bertz CT molecular complexity index is 58.2. The molecule has 1 atom stereocenters. The fraction of sp³-hybridized carbons (Fsp3) is 0.800. The minimum atomic E-state index is -0.106. The summed E-state index contributed by atoms with van der Waals surface area (Å²) < 4.78 is 0. The summed E-state index contributed by atoms with van der Waals surface area (Å²) in [6.45, 7) is 1.81. The Morgan fingerprint density at radius 1 is 1.67 bits per heavy atom. The maximum Gasteiger partial charge on any atom is 1.00 e. The van der Waals surface area contributed by atoms with Gasteiger partial charge in [-0.05, 0) is 0 Å². The summed E-state index contributed by atoms with van der Waals surface area (Å²) in [4.78, 5) is 9.66. The van der Waals surface area contributed by atoms with Gasteiger partial charge < -0.3 is 15.4 Å². The molecular formula is C5H10NaO3-. The SMILES string of the molecule is CC([C-]=O)CCO.[Na+].[OH-]. The van der Waals surface area contributed by atoms with Crippen LogP contribution in [0.1, 0.15) is 13.3 Å². The first-order chi connectivity index (χ1) is 3.31. The summed E-state index contributed by atoms with van der Waals surface area (Å²) in [7, 11) is 0. The molecule has 2 N–H and O–H groups in total. The van der Waals surface area contributed by atoms with Crippen LogP contribution in [0.3, 0.4) is 0 Å². The second-order valence-corrected chi connectivity index (χ2v) is 1.53. The van der Waals surface area contributed by atoms with E-state index in [1.807, 2.05) is 0 Å². The molecule has 0 bridgehead atoms. The quantitative estimate of drug-likeness (QED) is 0.335. The molecule has 50 valence electrons. The smallest absolute Gasteiger partial charge is 0.870 e. The number of carbonyl (C=O) groups excluding carboxylic acids is 1. The van der Waals surface area contributed by atoms with Crippen molar-refractivity contribution in [1.82, 2.24) is 0 Å². The molecule has 0 aromatic rings. The van der Waals surface area contributed by atoms with Crippen molar-refractivity contribution in [2.24, 2.45) is 5.92 Å². The first-order valence-corrected chi connectivity index (χ1v) is 2.29. The first kappa shape index (κ1) is 16.3. The van der Waals surface area contributed by atoms with E-state index in [-0.39, 0.29) is 47.6 Å². The largest absolute Gasteiger partial charge is 1.00 e. The fourth-order valence-corrected chi connectivity index (χ4v) is 0.253. The zero-order valence-corrected chi connectivity index (χ0v) is 7.79. The summed E-state index contributed by atoms with van der Waals surface area (Å²) in [5.74, 6) is -0.106. The predicted molar refractivity (Wildman–Crippen MR) is 28.5 cm³/mol. The molecule has 1 unspecified atom stereocenters. The van der Waals surface area contributed by atoms with Crippen LogP contribution in [0.2, 0.25) is 0 Å². The first-order valence-electron chi connectivity index (χ1n) is 2.29. The van der Waals surface area contributed by atoms with Crippen molar-refractivity contribution in [3.8, 4) is 0 Å². The van der Waals surface area contributed by atoms with Crippen LogP contribution in [-0.2, 0) is 4.79 Å². The van der Waals surface area contributed by atoms with Crippen molar-refractivity contribution in [1.29, 1.82) is 0 Å². The molecule has 0 radical (unpaired) electrons. The maximum absolute atomic E-state index is 9.66. The second kappa shape index (κ2) is 11.4. The van der Waals surface area contributed by atoms with Crippen LogP contribution < -0.4 is 29.6 Å². The topological polar surface area (TPSA) is 67.3 Å². The minimum Gasteiger partial charge on any atom is -0.870 e. The average molecular weight is 141 g/mol. The van der Waals surface area contributed by atoms with E-state index in [4.69, 9.17) is 5.11 Å². The van der Waals surface area contributed by atoms with E-state index >= 15 is 0 Å². The Morgan fingerprint density at radius 3 is 2.22 bits per heavy atom. The van der Waals surface area contributed by atoms with E-state index < -0.39 is 0 Å². The molecule has 0 aromatic heterocycles. The third-order valence-corrected chi connectivity index (χ3v) is 0.763. The summed E-state index contributed by atoms with van der Waals surface area (Å²) >= 11 is 0. The predicted octanol–water partition coefficient (Wildman–Crippen LogP) is -3.06. The van der Waals surface area contributed by atoms with Crippen molar-refractivity contribution in [3.05, 3.63) is 0 Å². The second-order valence-electron chi connectivity index (χ2n) is 1.53. The summed E-state index contributed by atoms with van der Waals surface area (Å²) in [6, 6.07) is 0. The van der Waals surface area contributed by atoms with E-state index in [0.717, 1.165) is 0 Å². The molecule has 3 nitrogen and oxygen atoms in total. The number of aliphatic hydroxyl groups is 1. The zero-order valence-electron chi connectivity index (χ0n) is 5.79. The van der Waals surface area contributed by atoms with Gasteiger partial charge in [0.15, 0.2) is 0 Å². The Morgan fingerprint density at radius 2 is 2.11 bits per heavy atom. The van der Waals surface area contributed by atoms with Crippen LogP contribution >= 0.6 is 0 Å². The van der Waals surface area contributed by atoms with E-state index in [9.17, 15) is 4.79 Å². The van der Waals surface area contributed by atoms with Gasteiger partial charge >= 0.3 is 29.6 Å². The number of hydrogen-bond donors (Lipinski definition) is 1. The third kappa shape index (κ3) is 11.9.